The van der Waals surface area contributed by atoms with E-state index in [1.54, 1.807) is 13.1 Å². The Morgan fingerprint density at radius 3 is 2.59 bits per heavy atom. The molecule has 5 heteroatoms. The summed E-state index contributed by atoms with van der Waals surface area (Å²) >= 11 is 0. The van der Waals surface area contributed by atoms with Gasteiger partial charge in [0.25, 0.3) is 0 Å². The number of carbonyl (C=O) groups excluding carboxylic acids is 2. The molecule has 0 atom stereocenters. The summed E-state index contributed by atoms with van der Waals surface area (Å²) in [5.41, 5.74) is 1.46. The molecule has 2 rings (SSSR count). The highest BCUT2D eigenvalue weighted by Crippen LogP contribution is 2.23. The van der Waals surface area contributed by atoms with Crippen molar-refractivity contribution in [3.8, 4) is 0 Å². The van der Waals surface area contributed by atoms with E-state index in [1.165, 1.54) is 0 Å². The van der Waals surface area contributed by atoms with Gasteiger partial charge in [-0.2, -0.15) is 0 Å². The lowest BCUT2D eigenvalue weighted by Gasteiger charge is -2.07. The van der Waals surface area contributed by atoms with Crippen LogP contribution in [0.3, 0.4) is 0 Å². The van der Waals surface area contributed by atoms with Crippen LogP contribution in [0.15, 0.2) is 30.5 Å². The molecule has 1 aromatic heterocycles. The molecule has 22 heavy (non-hydrogen) atoms. The predicted molar refractivity (Wildman–Crippen MR) is 83.7 cm³/mol. The van der Waals surface area contributed by atoms with Crippen molar-refractivity contribution < 1.29 is 19.1 Å². The first-order valence-corrected chi connectivity index (χ1v) is 7.43. The van der Waals surface area contributed by atoms with Crippen LogP contribution in [0.1, 0.15) is 31.1 Å². The highest BCUT2D eigenvalue weighted by atomic mass is 16.6. The van der Waals surface area contributed by atoms with Crippen LogP contribution in [-0.2, 0) is 20.8 Å². The van der Waals surface area contributed by atoms with Gasteiger partial charge in [-0.3, -0.25) is 0 Å². The van der Waals surface area contributed by atoms with Crippen molar-refractivity contribution in [3.05, 3.63) is 36.0 Å². The molecule has 0 amide bonds. The van der Waals surface area contributed by atoms with Gasteiger partial charge < -0.3 is 14.0 Å². The number of para-hydroxylation sites is 1. The zero-order valence-electron chi connectivity index (χ0n) is 13.2. The number of esters is 2. The molecule has 0 spiro atoms. The number of hydrogen-bond acceptors (Lipinski definition) is 4. The zero-order valence-corrected chi connectivity index (χ0v) is 13.2. The van der Waals surface area contributed by atoms with Gasteiger partial charge in [-0.15, -0.1) is 0 Å². The van der Waals surface area contributed by atoms with E-state index >= 15 is 0 Å². The molecule has 5 nitrogen and oxygen atoms in total. The van der Waals surface area contributed by atoms with E-state index in [4.69, 9.17) is 9.47 Å². The Labute approximate surface area is 129 Å². The van der Waals surface area contributed by atoms with Gasteiger partial charge >= 0.3 is 11.9 Å². The minimum atomic E-state index is -0.540. The molecule has 2 aromatic rings. The SMILES string of the molecule is CCOC(=O)COC(=O)c1cn(CC(C)C)c2ccccc12. The number of rotatable bonds is 6. The minimum Gasteiger partial charge on any atom is -0.463 e. The van der Waals surface area contributed by atoms with Gasteiger partial charge in [0, 0.05) is 23.6 Å². The number of benzene rings is 1. The molecule has 0 saturated carbocycles. The smallest absolute Gasteiger partial charge is 0.344 e. The van der Waals surface area contributed by atoms with Crippen LogP contribution in [0.25, 0.3) is 10.9 Å². The summed E-state index contributed by atoms with van der Waals surface area (Å²) in [7, 11) is 0. The summed E-state index contributed by atoms with van der Waals surface area (Å²) in [4.78, 5) is 23.5. The maximum atomic E-state index is 12.2. The fourth-order valence-corrected chi connectivity index (χ4v) is 2.36. The number of ether oxygens (including phenoxy) is 2. The molecule has 118 valence electrons. The average molecular weight is 303 g/mol. The monoisotopic (exact) mass is 303 g/mol. The van der Waals surface area contributed by atoms with Crippen molar-refractivity contribution in [3.63, 3.8) is 0 Å². The van der Waals surface area contributed by atoms with Crippen molar-refractivity contribution in [1.29, 1.82) is 0 Å². The molecular formula is C17H21NO4. The van der Waals surface area contributed by atoms with Crippen molar-refractivity contribution in [2.75, 3.05) is 13.2 Å². The molecule has 0 saturated heterocycles. The first kappa shape index (κ1) is 16.1. The van der Waals surface area contributed by atoms with Gasteiger partial charge in [-0.1, -0.05) is 32.0 Å². The Kier molecular flexibility index (Phi) is 5.20. The Hall–Kier alpha value is -2.30. The van der Waals surface area contributed by atoms with E-state index in [-0.39, 0.29) is 13.2 Å². The second kappa shape index (κ2) is 7.11. The zero-order chi connectivity index (χ0) is 16.1. The van der Waals surface area contributed by atoms with Gasteiger partial charge in [0.05, 0.1) is 12.2 Å². The first-order chi connectivity index (χ1) is 10.5. The number of aromatic nitrogens is 1. The fourth-order valence-electron chi connectivity index (χ4n) is 2.36. The van der Waals surface area contributed by atoms with Crippen LogP contribution in [0.5, 0.6) is 0 Å². The van der Waals surface area contributed by atoms with Crippen LogP contribution in [-0.4, -0.2) is 29.7 Å². The molecule has 0 fully saturated rings. The van der Waals surface area contributed by atoms with Crippen LogP contribution in [0.2, 0.25) is 0 Å². The molecule has 0 aliphatic heterocycles. The first-order valence-electron chi connectivity index (χ1n) is 7.43. The fraction of sp³-hybridized carbons (Fsp3) is 0.412. The Morgan fingerprint density at radius 1 is 1.18 bits per heavy atom. The van der Waals surface area contributed by atoms with E-state index in [0.717, 1.165) is 17.4 Å². The molecule has 1 heterocycles. The largest absolute Gasteiger partial charge is 0.463 e. The third kappa shape index (κ3) is 3.67. The maximum Gasteiger partial charge on any atom is 0.344 e. The van der Waals surface area contributed by atoms with Crippen molar-refractivity contribution >= 4 is 22.8 Å². The standard InChI is InChI=1S/C17H21NO4/c1-4-21-16(19)11-22-17(20)14-10-18(9-12(2)3)15-8-6-5-7-13(14)15/h5-8,10,12H,4,9,11H2,1-3H3. The van der Waals surface area contributed by atoms with E-state index in [0.29, 0.717) is 11.5 Å². The summed E-state index contributed by atoms with van der Waals surface area (Å²) in [6.45, 7) is 6.66. The number of hydrogen-bond donors (Lipinski definition) is 0. The topological polar surface area (TPSA) is 57.5 Å². The minimum absolute atomic E-state index is 0.268. The van der Waals surface area contributed by atoms with Crippen molar-refractivity contribution in [2.45, 2.75) is 27.3 Å². The third-order valence-electron chi connectivity index (χ3n) is 3.20. The highest BCUT2D eigenvalue weighted by Gasteiger charge is 2.17. The molecule has 0 bridgehead atoms. The van der Waals surface area contributed by atoms with E-state index in [2.05, 4.69) is 13.8 Å². The lowest BCUT2D eigenvalue weighted by atomic mass is 10.2. The highest BCUT2D eigenvalue weighted by molar-refractivity contribution is 6.04. The molecule has 0 aliphatic rings. The van der Waals surface area contributed by atoms with E-state index in [9.17, 15) is 9.59 Å². The summed E-state index contributed by atoms with van der Waals surface area (Å²) in [6, 6.07) is 7.67. The molecule has 1 aromatic carbocycles. The second-order valence-corrected chi connectivity index (χ2v) is 5.49. The third-order valence-corrected chi connectivity index (χ3v) is 3.20. The Balaban J connectivity index is 2.23. The molecular weight excluding hydrogens is 282 g/mol. The lowest BCUT2D eigenvalue weighted by Crippen LogP contribution is -2.16. The molecule has 0 N–H and O–H groups in total. The predicted octanol–water partition coefficient (Wildman–Crippen LogP) is 3.02. The lowest BCUT2D eigenvalue weighted by molar-refractivity contribution is -0.146. The van der Waals surface area contributed by atoms with Crippen LogP contribution in [0, 0.1) is 5.92 Å². The van der Waals surface area contributed by atoms with Crippen LogP contribution < -0.4 is 0 Å². The normalized spacial score (nSPS) is 10.9. The van der Waals surface area contributed by atoms with E-state index < -0.39 is 11.9 Å². The van der Waals surface area contributed by atoms with Gasteiger partial charge in [-0.25, -0.2) is 9.59 Å². The maximum absolute atomic E-state index is 12.2. The Bertz CT molecular complexity index is 672. The summed E-state index contributed by atoms with van der Waals surface area (Å²) in [6.07, 6.45) is 1.79. The molecule has 0 unspecified atom stereocenters. The average Bonchev–Trinajstić information content (AvgIpc) is 2.84. The quantitative estimate of drug-likeness (QED) is 0.770. The second-order valence-electron chi connectivity index (χ2n) is 5.49. The van der Waals surface area contributed by atoms with Crippen LogP contribution >= 0.6 is 0 Å². The number of fused-ring (bicyclic) bond motifs is 1. The van der Waals surface area contributed by atoms with Crippen molar-refractivity contribution in [2.24, 2.45) is 5.92 Å². The molecule has 0 radical (unpaired) electrons. The van der Waals surface area contributed by atoms with Gasteiger partial charge in [-0.05, 0) is 18.9 Å². The molecule has 0 aliphatic carbocycles. The van der Waals surface area contributed by atoms with Crippen LogP contribution in [0.4, 0.5) is 0 Å². The van der Waals surface area contributed by atoms with Gasteiger partial charge in [0.1, 0.15) is 0 Å². The van der Waals surface area contributed by atoms with Crippen molar-refractivity contribution in [1.82, 2.24) is 4.57 Å². The van der Waals surface area contributed by atoms with Gasteiger partial charge in [0.2, 0.25) is 0 Å². The summed E-state index contributed by atoms with van der Waals surface area (Å²) in [5.74, 6) is -0.590. The number of nitrogens with zero attached hydrogens (tertiary/aromatic N) is 1. The number of carbonyl (C=O) groups is 2. The van der Waals surface area contributed by atoms with Gasteiger partial charge in [0.15, 0.2) is 6.61 Å². The summed E-state index contributed by atoms with van der Waals surface area (Å²) < 4.78 is 11.8. The summed E-state index contributed by atoms with van der Waals surface area (Å²) in [5, 5.41) is 0.831. The Morgan fingerprint density at radius 2 is 1.91 bits per heavy atom. The van der Waals surface area contributed by atoms with E-state index in [1.807, 2.05) is 28.8 Å².